The maximum Gasteiger partial charge on any atom is 0.490 e. The summed E-state index contributed by atoms with van der Waals surface area (Å²) >= 11 is 3.35. The van der Waals surface area contributed by atoms with Crippen molar-refractivity contribution < 1.29 is 45.8 Å². The molecule has 8 nitrogen and oxygen atoms in total. The Morgan fingerprint density at radius 1 is 0.792 bits per heavy atom. The van der Waals surface area contributed by atoms with Crippen LogP contribution in [0.15, 0.2) is 77.3 Å². The Hall–Kier alpha value is -4.30. The largest absolute Gasteiger partial charge is 0.490 e. The number of carbonyl (C=O) groups is 3. The van der Waals surface area contributed by atoms with Crippen molar-refractivity contribution in [3.05, 3.63) is 88.4 Å². The zero-order chi connectivity index (χ0) is 37.7. The number of benzene rings is 4. The molecule has 2 amide bonds. The molecule has 2 aliphatic heterocycles. The number of piperidine rings is 1. The Balaban J connectivity index is 1.24. The number of nitrogens with zero attached hydrogens (tertiary/aromatic N) is 1. The zero-order valence-corrected chi connectivity index (χ0v) is 30.0. The summed E-state index contributed by atoms with van der Waals surface area (Å²) < 4.78 is 85.9. The minimum absolute atomic E-state index is 0.0732. The Morgan fingerprint density at radius 3 is 2.09 bits per heavy atom. The highest BCUT2D eigenvalue weighted by Gasteiger charge is 2.54. The van der Waals surface area contributed by atoms with Gasteiger partial charge >= 0.3 is 18.1 Å². The second-order valence-electron chi connectivity index (χ2n) is 14.2. The number of carbonyl (C=O) groups excluding carboxylic acids is 3. The Labute approximate surface area is 310 Å². The van der Waals surface area contributed by atoms with Crippen LogP contribution in [0.5, 0.6) is 5.75 Å². The topological polar surface area (TPSA) is 111 Å². The van der Waals surface area contributed by atoms with Crippen LogP contribution in [0, 0.1) is 0 Å². The molecule has 2 bridgehead atoms. The van der Waals surface area contributed by atoms with Gasteiger partial charge in [-0.3, -0.25) is 9.59 Å². The van der Waals surface area contributed by atoms with E-state index in [0.717, 1.165) is 36.2 Å². The first-order valence-electron chi connectivity index (χ1n) is 17.6. The van der Waals surface area contributed by atoms with Gasteiger partial charge in [-0.15, -0.1) is 0 Å². The average Bonchev–Trinajstić information content (AvgIpc) is 3.73. The van der Waals surface area contributed by atoms with Gasteiger partial charge in [0.05, 0.1) is 6.10 Å². The third kappa shape index (κ3) is 7.71. The molecule has 1 saturated carbocycles. The highest BCUT2D eigenvalue weighted by molar-refractivity contribution is 9.10. The SMILES string of the molecule is NC1CC2CCC(C1)N2C(=O)[C@@H](NC(=O)[C@@H](OC(=O)C(F)(F)F)c1ccc2cc(OC3CCCC3)ccc2c1)C(F)(F)c1ccc2cc(Br)ccc2c1. The summed E-state index contributed by atoms with van der Waals surface area (Å²) in [5, 5.41) is 4.19. The highest BCUT2D eigenvalue weighted by atomic mass is 79.9. The van der Waals surface area contributed by atoms with E-state index in [9.17, 15) is 27.6 Å². The minimum atomic E-state index is -5.51. The number of amides is 2. The molecule has 3 N–H and O–H groups in total. The summed E-state index contributed by atoms with van der Waals surface area (Å²) in [6.45, 7) is 0. The summed E-state index contributed by atoms with van der Waals surface area (Å²) in [5.41, 5.74) is 5.36. The van der Waals surface area contributed by atoms with Gasteiger partial charge in [-0.05, 0) is 109 Å². The normalized spacial score (nSPS) is 21.8. The van der Waals surface area contributed by atoms with Gasteiger partial charge < -0.3 is 25.4 Å². The summed E-state index contributed by atoms with van der Waals surface area (Å²) in [6.07, 6.45) is -2.01. The number of halogens is 6. The molecule has 2 unspecified atom stereocenters. The van der Waals surface area contributed by atoms with Crippen molar-refractivity contribution >= 4 is 55.3 Å². The van der Waals surface area contributed by atoms with Crippen LogP contribution in [-0.4, -0.2) is 59.1 Å². The number of esters is 1. The number of hydrogen-bond donors (Lipinski definition) is 2. The number of nitrogens with two attached hydrogens (primary N) is 1. The van der Waals surface area contributed by atoms with Crippen LogP contribution in [0.2, 0.25) is 0 Å². The van der Waals surface area contributed by atoms with E-state index in [-0.39, 0.29) is 17.7 Å². The lowest BCUT2D eigenvalue weighted by molar-refractivity contribution is -0.206. The molecule has 0 spiro atoms. The summed E-state index contributed by atoms with van der Waals surface area (Å²) in [5.74, 6) is -8.80. The lowest BCUT2D eigenvalue weighted by atomic mass is 9.93. The first kappa shape index (κ1) is 37.0. The number of rotatable bonds is 9. The summed E-state index contributed by atoms with van der Waals surface area (Å²) in [4.78, 5) is 41.9. The molecular formula is C39H37BrF5N3O5. The molecule has 7 rings (SSSR count). The number of ether oxygens (including phenoxy) is 2. The Morgan fingerprint density at radius 2 is 1.40 bits per heavy atom. The number of alkyl halides is 5. The Bertz CT molecular complexity index is 2040. The van der Waals surface area contributed by atoms with Crippen molar-refractivity contribution in [1.82, 2.24) is 10.2 Å². The van der Waals surface area contributed by atoms with Crippen molar-refractivity contribution in [3.8, 4) is 5.75 Å². The van der Waals surface area contributed by atoms with Crippen LogP contribution in [0.25, 0.3) is 21.5 Å². The van der Waals surface area contributed by atoms with Gasteiger partial charge in [0, 0.05) is 33.7 Å². The average molecular weight is 803 g/mol. The molecule has 53 heavy (non-hydrogen) atoms. The van der Waals surface area contributed by atoms with Crippen molar-refractivity contribution in [2.24, 2.45) is 5.73 Å². The first-order valence-corrected chi connectivity index (χ1v) is 18.4. The van der Waals surface area contributed by atoms with Gasteiger partial charge in [0.1, 0.15) is 5.75 Å². The van der Waals surface area contributed by atoms with Gasteiger partial charge in [-0.1, -0.05) is 52.3 Å². The van der Waals surface area contributed by atoms with Crippen molar-refractivity contribution in [1.29, 1.82) is 0 Å². The van der Waals surface area contributed by atoms with Crippen molar-refractivity contribution in [2.45, 2.75) is 99.8 Å². The molecule has 3 fully saturated rings. The quantitative estimate of drug-likeness (QED) is 0.131. The molecule has 280 valence electrons. The van der Waals surface area contributed by atoms with E-state index in [4.69, 9.17) is 15.2 Å². The van der Waals surface area contributed by atoms with Crippen molar-refractivity contribution in [2.75, 3.05) is 0 Å². The number of fused-ring (bicyclic) bond motifs is 4. The van der Waals surface area contributed by atoms with Crippen LogP contribution in [0.1, 0.15) is 68.6 Å². The first-order chi connectivity index (χ1) is 25.2. The van der Waals surface area contributed by atoms with E-state index in [1.54, 1.807) is 36.4 Å². The molecule has 4 aromatic carbocycles. The van der Waals surface area contributed by atoms with Crippen LogP contribution in [0.4, 0.5) is 22.0 Å². The number of hydrogen-bond acceptors (Lipinski definition) is 6. The van der Waals surface area contributed by atoms with E-state index >= 15 is 8.78 Å². The standard InChI is InChI=1S/C39H37BrF5N3O5/c40-27-11-8-22-16-26(10-7-23(22)17-27)38(41,42)34(36(50)48-29-12-13-30(48)20-28(46)19-29)47-35(49)33(53-37(51)39(43,44)45)25-6-5-24-18-32(14-9-21(24)15-25)52-31-3-1-2-4-31/h5-11,14-18,28-31,33-34H,1-4,12-13,19-20,46H2,(H,47,49)/t28?,29?,30?,33-,34+/m0/s1. The predicted octanol–water partition coefficient (Wildman–Crippen LogP) is 7.98. The van der Waals surface area contributed by atoms with Gasteiger partial charge in [0.25, 0.3) is 11.8 Å². The Kier molecular flexibility index (Phi) is 10.1. The van der Waals surface area contributed by atoms with E-state index in [1.807, 2.05) is 0 Å². The summed E-state index contributed by atoms with van der Waals surface area (Å²) in [6, 6.07) is 14.2. The molecular weight excluding hydrogens is 765 g/mol. The van der Waals surface area contributed by atoms with Gasteiger partial charge in [-0.25, -0.2) is 4.79 Å². The fraction of sp³-hybridized carbons (Fsp3) is 0.410. The van der Waals surface area contributed by atoms with Crippen molar-refractivity contribution in [3.63, 3.8) is 0 Å². The molecule has 2 heterocycles. The van der Waals surface area contributed by atoms with E-state index in [2.05, 4.69) is 21.2 Å². The maximum atomic E-state index is 16.9. The molecule has 1 aliphatic carbocycles. The number of nitrogens with one attached hydrogen (secondary N) is 1. The molecule has 0 aromatic heterocycles. The predicted molar refractivity (Wildman–Crippen MR) is 190 cm³/mol. The smallest absolute Gasteiger partial charge is 0.490 e. The van der Waals surface area contributed by atoms with Gasteiger partial charge in [0.15, 0.2) is 6.04 Å². The van der Waals surface area contributed by atoms with E-state index < -0.39 is 59.7 Å². The van der Waals surface area contributed by atoms with E-state index in [1.165, 1.54) is 35.2 Å². The summed E-state index contributed by atoms with van der Waals surface area (Å²) in [7, 11) is 0. The highest BCUT2D eigenvalue weighted by Crippen LogP contribution is 2.41. The van der Waals surface area contributed by atoms with Crippen LogP contribution < -0.4 is 15.8 Å². The monoisotopic (exact) mass is 801 g/mol. The second kappa shape index (κ2) is 14.5. The molecule has 0 radical (unpaired) electrons. The fourth-order valence-electron chi connectivity index (χ4n) is 7.97. The van der Waals surface area contributed by atoms with Crippen LogP contribution in [-0.2, 0) is 25.0 Å². The van der Waals surface area contributed by atoms with E-state index in [0.29, 0.717) is 53.0 Å². The van der Waals surface area contributed by atoms with Crippen LogP contribution in [0.3, 0.4) is 0 Å². The minimum Gasteiger partial charge on any atom is -0.490 e. The fourth-order valence-corrected chi connectivity index (χ4v) is 8.35. The second-order valence-corrected chi connectivity index (χ2v) is 15.1. The molecule has 14 heteroatoms. The lowest BCUT2D eigenvalue weighted by Crippen LogP contribution is -2.61. The maximum absolute atomic E-state index is 16.9. The third-order valence-corrected chi connectivity index (χ3v) is 11.0. The molecule has 3 aliphatic rings. The lowest BCUT2D eigenvalue weighted by Gasteiger charge is -2.41. The molecule has 4 atom stereocenters. The third-order valence-electron chi connectivity index (χ3n) is 10.5. The van der Waals surface area contributed by atoms with Gasteiger partial charge in [0.2, 0.25) is 6.10 Å². The van der Waals surface area contributed by atoms with Gasteiger partial charge in [-0.2, -0.15) is 22.0 Å². The molecule has 4 aromatic rings. The zero-order valence-electron chi connectivity index (χ0n) is 28.4. The van der Waals surface area contributed by atoms with Crippen LogP contribution >= 0.6 is 15.9 Å². The molecule has 2 saturated heterocycles.